The summed E-state index contributed by atoms with van der Waals surface area (Å²) in [5.41, 5.74) is 9.53. The number of nitrogens with zero attached hydrogens (tertiary/aromatic N) is 1. The second-order valence-electron chi connectivity index (χ2n) is 16.2. The van der Waals surface area contributed by atoms with E-state index in [0.29, 0.717) is 0 Å². The number of hydrogen-bond acceptors (Lipinski definition) is 1. The summed E-state index contributed by atoms with van der Waals surface area (Å²) >= 11 is 0. The van der Waals surface area contributed by atoms with Gasteiger partial charge >= 0.3 is 0 Å². The summed E-state index contributed by atoms with van der Waals surface area (Å²) < 4.78 is 0. The van der Waals surface area contributed by atoms with E-state index in [-0.39, 0.29) is 21.8 Å². The second kappa shape index (κ2) is 9.48. The molecule has 1 aliphatic carbocycles. The van der Waals surface area contributed by atoms with Crippen molar-refractivity contribution >= 4 is 43.7 Å². The van der Waals surface area contributed by atoms with Crippen LogP contribution in [0.15, 0.2) is 127 Å². The van der Waals surface area contributed by atoms with Crippen molar-refractivity contribution in [2.24, 2.45) is 10.8 Å². The largest absolute Gasteiger partial charge is 0.334 e. The summed E-state index contributed by atoms with van der Waals surface area (Å²) in [6.45, 7) is 15.1. The van der Waals surface area contributed by atoms with Gasteiger partial charge in [-0.15, -0.1) is 0 Å². The van der Waals surface area contributed by atoms with Crippen molar-refractivity contribution in [2.75, 3.05) is 4.90 Å². The minimum Gasteiger partial charge on any atom is -0.334 e. The van der Waals surface area contributed by atoms with Gasteiger partial charge in [0.15, 0.2) is 0 Å². The van der Waals surface area contributed by atoms with Gasteiger partial charge in [0.2, 0.25) is 0 Å². The molecule has 9 rings (SSSR count). The molecular formula is C46H43N. The van der Waals surface area contributed by atoms with Crippen LogP contribution in [0.5, 0.6) is 0 Å². The molecule has 0 bridgehead atoms. The van der Waals surface area contributed by atoms with Crippen LogP contribution < -0.4 is 4.90 Å². The number of benzene rings is 7. The molecule has 7 aromatic rings. The lowest BCUT2D eigenvalue weighted by Gasteiger charge is -2.62. The molecule has 0 radical (unpaired) electrons. The molecule has 2 unspecified atom stereocenters. The number of para-hydroxylation sites is 1. The van der Waals surface area contributed by atoms with Gasteiger partial charge in [-0.2, -0.15) is 0 Å². The highest BCUT2D eigenvalue weighted by Crippen LogP contribution is 2.70. The monoisotopic (exact) mass is 609 g/mol. The SMILES string of the molecule is CC1(C)CC(C)(C)C2(C)c3cc(-c4ccc5ccc6c(-c7ccccc7)ccc7ccc4c5c76)ccc3N(c3ccccc3)C2(C)C1. The highest BCUT2D eigenvalue weighted by atomic mass is 15.3. The Morgan fingerprint density at radius 2 is 1.06 bits per heavy atom. The van der Waals surface area contributed by atoms with Gasteiger partial charge in [0.25, 0.3) is 0 Å². The third kappa shape index (κ3) is 3.78. The summed E-state index contributed by atoms with van der Waals surface area (Å²) in [5.74, 6) is 0. The fraction of sp³-hybridized carbons (Fsp3) is 0.261. The van der Waals surface area contributed by atoms with Crippen LogP contribution in [0, 0.1) is 10.8 Å². The topological polar surface area (TPSA) is 3.24 Å². The summed E-state index contributed by atoms with van der Waals surface area (Å²) in [5, 5.41) is 8.01. The number of fused-ring (bicyclic) bond motifs is 3. The van der Waals surface area contributed by atoms with Crippen molar-refractivity contribution in [1.82, 2.24) is 0 Å². The van der Waals surface area contributed by atoms with E-state index < -0.39 is 0 Å². The summed E-state index contributed by atoms with van der Waals surface area (Å²) in [6.07, 6.45) is 2.34. The van der Waals surface area contributed by atoms with Gasteiger partial charge in [0.05, 0.1) is 5.54 Å². The van der Waals surface area contributed by atoms with Gasteiger partial charge in [-0.3, -0.25) is 0 Å². The van der Waals surface area contributed by atoms with Crippen molar-refractivity contribution in [2.45, 2.75) is 65.3 Å². The van der Waals surface area contributed by atoms with Crippen LogP contribution in [-0.2, 0) is 5.41 Å². The molecule has 1 heterocycles. The van der Waals surface area contributed by atoms with Crippen LogP contribution >= 0.6 is 0 Å². The molecule has 1 aliphatic heterocycles. The average molecular weight is 610 g/mol. The van der Waals surface area contributed by atoms with Crippen molar-refractivity contribution in [3.63, 3.8) is 0 Å². The third-order valence-electron chi connectivity index (χ3n) is 12.5. The van der Waals surface area contributed by atoms with Gasteiger partial charge in [-0.25, -0.2) is 0 Å². The standard InChI is InChI=1S/C46H43N/c1-43(2)28-44(3,4)46(6)39-27-33(21-26-40(39)47(45(46,5)29-43)34-15-11-8-12-16-34)36-23-18-32-19-24-37-35(30-13-9-7-10-14-30)22-17-31-20-25-38(36)42(32)41(31)37/h7-27H,28-29H2,1-6H3. The molecule has 1 nitrogen and oxygen atoms in total. The van der Waals surface area contributed by atoms with E-state index >= 15 is 0 Å². The van der Waals surface area contributed by atoms with Gasteiger partial charge < -0.3 is 4.90 Å². The highest BCUT2D eigenvalue weighted by molar-refractivity contribution is 6.27. The number of rotatable bonds is 3. The van der Waals surface area contributed by atoms with Crippen molar-refractivity contribution < 1.29 is 0 Å². The normalized spacial score (nSPS) is 23.0. The summed E-state index contributed by atoms with van der Waals surface area (Å²) in [6, 6.07) is 48.0. The minimum absolute atomic E-state index is 0.0505. The van der Waals surface area contributed by atoms with E-state index in [0.717, 1.165) is 6.42 Å². The lowest BCUT2D eigenvalue weighted by Crippen LogP contribution is -2.65. The Morgan fingerprint density at radius 1 is 0.511 bits per heavy atom. The van der Waals surface area contributed by atoms with E-state index in [1.165, 1.54) is 77.9 Å². The van der Waals surface area contributed by atoms with E-state index in [1.54, 1.807) is 0 Å². The Kier molecular flexibility index (Phi) is 5.76. The maximum atomic E-state index is 2.70. The van der Waals surface area contributed by atoms with Crippen LogP contribution in [0.3, 0.4) is 0 Å². The minimum atomic E-state index is -0.0724. The van der Waals surface area contributed by atoms with Crippen LogP contribution in [0.25, 0.3) is 54.6 Å². The number of anilines is 2. The lowest BCUT2D eigenvalue weighted by atomic mass is 9.45. The van der Waals surface area contributed by atoms with Gasteiger partial charge in [-0.1, -0.05) is 138 Å². The molecule has 1 fully saturated rings. The zero-order valence-corrected chi connectivity index (χ0v) is 28.5. The first-order valence-corrected chi connectivity index (χ1v) is 17.3. The zero-order valence-electron chi connectivity index (χ0n) is 28.5. The maximum absolute atomic E-state index is 2.70. The third-order valence-corrected chi connectivity index (χ3v) is 12.5. The first kappa shape index (κ1) is 28.6. The molecule has 1 heteroatoms. The second-order valence-corrected chi connectivity index (χ2v) is 16.2. The average Bonchev–Trinajstić information content (AvgIpc) is 3.26. The molecule has 232 valence electrons. The summed E-state index contributed by atoms with van der Waals surface area (Å²) in [7, 11) is 0. The Bertz CT molecular complexity index is 2330. The molecule has 0 spiro atoms. The summed E-state index contributed by atoms with van der Waals surface area (Å²) in [4.78, 5) is 2.70. The molecule has 2 aliphatic rings. The van der Waals surface area contributed by atoms with Crippen LogP contribution in [-0.4, -0.2) is 5.54 Å². The van der Waals surface area contributed by atoms with Gasteiger partial charge in [0, 0.05) is 16.8 Å². The molecule has 0 saturated heterocycles. The van der Waals surface area contributed by atoms with E-state index in [4.69, 9.17) is 0 Å². The fourth-order valence-electron chi connectivity index (χ4n) is 10.7. The van der Waals surface area contributed by atoms with Crippen LogP contribution in [0.4, 0.5) is 11.4 Å². The Balaban J connectivity index is 1.29. The first-order chi connectivity index (χ1) is 22.5. The van der Waals surface area contributed by atoms with Crippen molar-refractivity contribution in [3.8, 4) is 22.3 Å². The number of hydrogen-bond donors (Lipinski definition) is 0. The smallest absolute Gasteiger partial charge is 0.0528 e. The molecule has 0 amide bonds. The predicted octanol–water partition coefficient (Wildman–Crippen LogP) is 12.9. The molecular weight excluding hydrogens is 567 g/mol. The Labute approximate surface area is 279 Å². The predicted molar refractivity (Wildman–Crippen MR) is 202 cm³/mol. The van der Waals surface area contributed by atoms with Crippen molar-refractivity contribution in [1.29, 1.82) is 0 Å². The van der Waals surface area contributed by atoms with Crippen molar-refractivity contribution in [3.05, 3.63) is 133 Å². The van der Waals surface area contributed by atoms with Gasteiger partial charge in [-0.05, 0) is 115 Å². The molecule has 47 heavy (non-hydrogen) atoms. The molecule has 1 saturated carbocycles. The zero-order chi connectivity index (χ0) is 32.3. The van der Waals surface area contributed by atoms with E-state index in [9.17, 15) is 0 Å². The lowest BCUT2D eigenvalue weighted by molar-refractivity contribution is -0.0236. The Hall–Kier alpha value is -4.62. The molecule has 0 aromatic heterocycles. The quantitative estimate of drug-likeness (QED) is 0.180. The van der Waals surface area contributed by atoms with E-state index in [1.807, 2.05) is 0 Å². The van der Waals surface area contributed by atoms with Crippen LogP contribution in [0.1, 0.15) is 59.9 Å². The first-order valence-electron chi connectivity index (χ1n) is 17.3. The fourth-order valence-corrected chi connectivity index (χ4v) is 10.7. The molecule has 2 atom stereocenters. The van der Waals surface area contributed by atoms with Gasteiger partial charge in [0.1, 0.15) is 0 Å². The Morgan fingerprint density at radius 3 is 1.68 bits per heavy atom. The highest BCUT2D eigenvalue weighted by Gasteiger charge is 2.67. The van der Waals surface area contributed by atoms with Crippen LogP contribution in [0.2, 0.25) is 0 Å². The maximum Gasteiger partial charge on any atom is 0.0528 e. The molecule has 0 N–H and O–H groups in total. The molecule has 7 aromatic carbocycles. The van der Waals surface area contributed by atoms with E-state index in [2.05, 4.69) is 174 Å².